The molecule has 108 valence electrons. The van der Waals surface area contributed by atoms with Crippen molar-refractivity contribution in [2.24, 2.45) is 11.1 Å². The summed E-state index contributed by atoms with van der Waals surface area (Å²) in [6.07, 6.45) is 3.78. The Morgan fingerprint density at radius 1 is 1.60 bits per heavy atom. The van der Waals surface area contributed by atoms with E-state index >= 15 is 0 Å². The van der Waals surface area contributed by atoms with Gasteiger partial charge in [0.1, 0.15) is 0 Å². The van der Waals surface area contributed by atoms with Gasteiger partial charge in [-0.3, -0.25) is 5.10 Å². The van der Waals surface area contributed by atoms with Crippen molar-refractivity contribution in [1.29, 1.82) is 0 Å². The lowest BCUT2D eigenvalue weighted by atomic mass is 9.82. The lowest BCUT2D eigenvalue weighted by molar-refractivity contribution is 0.270. The van der Waals surface area contributed by atoms with Gasteiger partial charge in [-0.25, -0.2) is 0 Å². The zero-order valence-electron chi connectivity index (χ0n) is 11.4. The van der Waals surface area contributed by atoms with Crippen molar-refractivity contribution in [2.45, 2.75) is 19.8 Å². The number of nitrogens with two attached hydrogens (primary N) is 1. The number of aromatic amines is 1. The predicted octanol–water partition coefficient (Wildman–Crippen LogP) is 2.28. The summed E-state index contributed by atoms with van der Waals surface area (Å²) < 4.78 is 5.07. The van der Waals surface area contributed by atoms with Gasteiger partial charge in [-0.05, 0) is 42.5 Å². The van der Waals surface area contributed by atoms with Gasteiger partial charge in [-0.15, -0.1) is 5.10 Å². The summed E-state index contributed by atoms with van der Waals surface area (Å²) in [6, 6.07) is 1.77. The number of piperidine rings is 1. The number of nitrogens with one attached hydrogen (secondary N) is 1. The molecular formula is C13H18ClN5O. The molecule has 3 rings (SSSR count). The van der Waals surface area contributed by atoms with Crippen molar-refractivity contribution in [3.8, 4) is 11.4 Å². The van der Waals surface area contributed by atoms with E-state index in [0.29, 0.717) is 23.5 Å². The highest BCUT2D eigenvalue weighted by Gasteiger charge is 2.31. The van der Waals surface area contributed by atoms with Crippen LogP contribution in [0.3, 0.4) is 0 Å². The minimum atomic E-state index is 0.131. The summed E-state index contributed by atoms with van der Waals surface area (Å²) in [7, 11) is 0. The first-order valence-corrected chi connectivity index (χ1v) is 7.10. The summed E-state index contributed by atoms with van der Waals surface area (Å²) in [6.45, 7) is 4.71. The maximum absolute atomic E-state index is 5.95. The van der Waals surface area contributed by atoms with Gasteiger partial charge in [-0.1, -0.05) is 6.92 Å². The first kappa shape index (κ1) is 13.5. The Bertz CT molecular complexity index is 595. The van der Waals surface area contributed by atoms with E-state index in [9.17, 15) is 0 Å². The highest BCUT2D eigenvalue weighted by Crippen LogP contribution is 2.31. The van der Waals surface area contributed by atoms with E-state index in [1.54, 1.807) is 6.07 Å². The molecule has 0 spiro atoms. The van der Waals surface area contributed by atoms with E-state index in [-0.39, 0.29) is 5.41 Å². The van der Waals surface area contributed by atoms with Crippen LogP contribution in [0.1, 0.15) is 19.8 Å². The predicted molar refractivity (Wildman–Crippen MR) is 77.7 cm³/mol. The van der Waals surface area contributed by atoms with Crippen molar-refractivity contribution in [3.05, 3.63) is 17.5 Å². The molecule has 1 unspecified atom stereocenters. The molecule has 20 heavy (non-hydrogen) atoms. The molecule has 3 N–H and O–H groups in total. The number of halogens is 1. The molecule has 1 saturated heterocycles. The van der Waals surface area contributed by atoms with Gasteiger partial charge in [0.15, 0.2) is 5.82 Å². The zero-order valence-corrected chi connectivity index (χ0v) is 12.2. The van der Waals surface area contributed by atoms with E-state index in [1.807, 2.05) is 0 Å². The topological polar surface area (TPSA) is 84.0 Å². The number of aromatic nitrogens is 3. The Balaban J connectivity index is 1.82. The lowest BCUT2D eigenvalue weighted by Gasteiger charge is -2.39. The molecule has 2 aromatic heterocycles. The van der Waals surface area contributed by atoms with Crippen LogP contribution >= 0.6 is 11.6 Å². The van der Waals surface area contributed by atoms with Crippen LogP contribution in [0.25, 0.3) is 11.4 Å². The maximum atomic E-state index is 5.95. The van der Waals surface area contributed by atoms with Crippen molar-refractivity contribution in [3.63, 3.8) is 0 Å². The molecule has 0 saturated carbocycles. The highest BCUT2D eigenvalue weighted by atomic mass is 35.5. The molecule has 2 aromatic rings. The minimum absolute atomic E-state index is 0.131. The van der Waals surface area contributed by atoms with Gasteiger partial charge in [-0.2, -0.15) is 4.98 Å². The first-order valence-electron chi connectivity index (χ1n) is 6.72. The summed E-state index contributed by atoms with van der Waals surface area (Å²) in [5.41, 5.74) is 6.73. The molecule has 0 bridgehead atoms. The second kappa shape index (κ2) is 5.10. The standard InChI is InChI=1S/C13H18ClN5O/c1-13(7-15)4-2-5-19(8-13)12-16-11(17-18-12)9-3-6-20-10(9)14/h3,6H,2,4-5,7-8,15H2,1H3,(H,16,17,18). The number of nitrogens with zero attached hydrogens (tertiary/aromatic N) is 3. The van der Waals surface area contributed by atoms with Gasteiger partial charge in [0.05, 0.1) is 11.8 Å². The zero-order chi connectivity index (χ0) is 14.2. The molecule has 1 fully saturated rings. The van der Waals surface area contributed by atoms with E-state index in [1.165, 1.54) is 6.26 Å². The number of H-pyrrole nitrogens is 1. The molecule has 6 nitrogen and oxygen atoms in total. The summed E-state index contributed by atoms with van der Waals surface area (Å²) in [4.78, 5) is 6.68. The molecule has 7 heteroatoms. The third-order valence-electron chi connectivity index (χ3n) is 3.90. The van der Waals surface area contributed by atoms with Gasteiger partial charge in [0.2, 0.25) is 11.2 Å². The van der Waals surface area contributed by atoms with Crippen LogP contribution in [0.4, 0.5) is 5.95 Å². The monoisotopic (exact) mass is 295 g/mol. The fourth-order valence-corrected chi connectivity index (χ4v) is 2.83. The molecule has 1 aliphatic heterocycles. The number of hydrogen-bond acceptors (Lipinski definition) is 5. The molecule has 1 aliphatic rings. The number of hydrogen-bond donors (Lipinski definition) is 2. The number of rotatable bonds is 3. The van der Waals surface area contributed by atoms with Crippen LogP contribution in [-0.4, -0.2) is 34.8 Å². The Labute approximate surface area is 122 Å². The van der Waals surface area contributed by atoms with Gasteiger partial charge >= 0.3 is 0 Å². The third-order valence-corrected chi connectivity index (χ3v) is 4.20. The second-order valence-electron chi connectivity index (χ2n) is 5.63. The van der Waals surface area contributed by atoms with E-state index in [0.717, 1.165) is 31.5 Å². The van der Waals surface area contributed by atoms with E-state index in [4.69, 9.17) is 21.8 Å². The molecule has 1 atom stereocenters. The van der Waals surface area contributed by atoms with Crippen LogP contribution < -0.4 is 10.6 Å². The van der Waals surface area contributed by atoms with Gasteiger partial charge in [0.25, 0.3) is 0 Å². The maximum Gasteiger partial charge on any atom is 0.245 e. The van der Waals surface area contributed by atoms with Crippen LogP contribution in [0, 0.1) is 5.41 Å². The van der Waals surface area contributed by atoms with Gasteiger partial charge in [0, 0.05) is 13.1 Å². The lowest BCUT2D eigenvalue weighted by Crippen LogP contribution is -2.46. The third kappa shape index (κ3) is 2.41. The SMILES string of the molecule is CC1(CN)CCCN(c2n[nH]c(-c3ccoc3Cl)n2)C1. The number of furan rings is 1. The summed E-state index contributed by atoms with van der Waals surface area (Å²) in [5, 5.41) is 7.52. The summed E-state index contributed by atoms with van der Waals surface area (Å²) in [5.74, 6) is 1.32. The normalized spacial score (nSPS) is 23.2. The molecular weight excluding hydrogens is 278 g/mol. The highest BCUT2D eigenvalue weighted by molar-refractivity contribution is 6.31. The molecule has 0 aliphatic carbocycles. The average Bonchev–Trinajstić information content (AvgIpc) is 3.07. The molecule has 0 radical (unpaired) electrons. The van der Waals surface area contributed by atoms with Crippen LogP contribution in [0.15, 0.2) is 16.7 Å². The van der Waals surface area contributed by atoms with Crippen LogP contribution in [0.2, 0.25) is 5.22 Å². The molecule has 0 amide bonds. The smallest absolute Gasteiger partial charge is 0.245 e. The summed E-state index contributed by atoms with van der Waals surface area (Å²) >= 11 is 5.95. The van der Waals surface area contributed by atoms with Crippen LogP contribution in [-0.2, 0) is 0 Å². The average molecular weight is 296 g/mol. The van der Waals surface area contributed by atoms with E-state index in [2.05, 4.69) is 27.0 Å². The Morgan fingerprint density at radius 2 is 2.45 bits per heavy atom. The van der Waals surface area contributed by atoms with Gasteiger partial charge < -0.3 is 15.1 Å². The Kier molecular flexibility index (Phi) is 3.43. The Morgan fingerprint density at radius 3 is 3.15 bits per heavy atom. The van der Waals surface area contributed by atoms with Crippen molar-refractivity contribution in [2.75, 3.05) is 24.5 Å². The fraction of sp³-hybridized carbons (Fsp3) is 0.538. The molecule has 3 heterocycles. The fourth-order valence-electron chi connectivity index (χ4n) is 2.63. The van der Waals surface area contributed by atoms with Crippen molar-refractivity contribution in [1.82, 2.24) is 15.2 Å². The first-order chi connectivity index (χ1) is 9.61. The quantitative estimate of drug-likeness (QED) is 0.907. The van der Waals surface area contributed by atoms with Crippen molar-refractivity contribution >= 4 is 17.5 Å². The number of anilines is 1. The van der Waals surface area contributed by atoms with Crippen molar-refractivity contribution < 1.29 is 4.42 Å². The van der Waals surface area contributed by atoms with E-state index < -0.39 is 0 Å². The Hall–Kier alpha value is -1.53. The van der Waals surface area contributed by atoms with Crippen LogP contribution in [0.5, 0.6) is 0 Å². The minimum Gasteiger partial charge on any atom is -0.452 e. The second-order valence-corrected chi connectivity index (χ2v) is 5.98. The largest absolute Gasteiger partial charge is 0.452 e. The molecule has 0 aromatic carbocycles.